The molecule has 1 amide bonds. The molecule has 1 unspecified atom stereocenters. The van der Waals surface area contributed by atoms with Crippen LogP contribution in [0.3, 0.4) is 0 Å². The van der Waals surface area contributed by atoms with Crippen LogP contribution in [0.2, 0.25) is 0 Å². The maximum absolute atomic E-state index is 14.1. The number of carbonyl (C=O) groups excluding carboxylic acids is 1. The van der Waals surface area contributed by atoms with Gasteiger partial charge in [0.25, 0.3) is 6.47 Å². The van der Waals surface area contributed by atoms with Crippen LogP contribution in [-0.4, -0.2) is 68.3 Å². The van der Waals surface area contributed by atoms with Gasteiger partial charge in [-0.1, -0.05) is 18.2 Å². The molecular formula is C19H27FN2O6S. The lowest BCUT2D eigenvalue weighted by molar-refractivity contribution is -0.138. The SMILES string of the molecule is CCS(=O)(=O)N1CC(Cc2ccccc2F)(C(=O)NCC2CCCO2)C1.O=CO. The van der Waals surface area contributed by atoms with Crippen molar-refractivity contribution in [2.75, 3.05) is 32.0 Å². The molecule has 162 valence electrons. The first-order valence-electron chi connectivity index (χ1n) is 9.47. The zero-order valence-corrected chi connectivity index (χ0v) is 17.2. The fourth-order valence-corrected chi connectivity index (χ4v) is 4.80. The Kier molecular flexibility index (Phi) is 8.12. The Bertz CT molecular complexity index is 805. The summed E-state index contributed by atoms with van der Waals surface area (Å²) in [6, 6.07) is 6.31. The van der Waals surface area contributed by atoms with E-state index in [9.17, 15) is 17.6 Å². The number of nitrogens with zero attached hydrogens (tertiary/aromatic N) is 1. The van der Waals surface area contributed by atoms with Crippen LogP contribution < -0.4 is 5.32 Å². The van der Waals surface area contributed by atoms with E-state index >= 15 is 0 Å². The maximum atomic E-state index is 14.1. The Labute approximate surface area is 170 Å². The highest BCUT2D eigenvalue weighted by Crippen LogP contribution is 2.37. The zero-order chi connectivity index (χ0) is 21.5. The second-order valence-corrected chi connectivity index (χ2v) is 9.43. The van der Waals surface area contributed by atoms with E-state index in [1.807, 2.05) is 0 Å². The third-order valence-electron chi connectivity index (χ3n) is 5.20. The quantitative estimate of drug-likeness (QED) is 0.625. The lowest BCUT2D eigenvalue weighted by atomic mass is 9.75. The van der Waals surface area contributed by atoms with Crippen molar-refractivity contribution in [2.45, 2.75) is 32.3 Å². The van der Waals surface area contributed by atoms with Gasteiger partial charge >= 0.3 is 0 Å². The minimum Gasteiger partial charge on any atom is -0.483 e. The van der Waals surface area contributed by atoms with Crippen LogP contribution in [0.15, 0.2) is 24.3 Å². The predicted molar refractivity (Wildman–Crippen MR) is 104 cm³/mol. The third kappa shape index (κ3) is 5.74. The average molecular weight is 430 g/mol. The monoisotopic (exact) mass is 430 g/mol. The number of carbonyl (C=O) groups is 2. The van der Waals surface area contributed by atoms with E-state index < -0.39 is 15.4 Å². The molecule has 3 rings (SSSR count). The van der Waals surface area contributed by atoms with Crippen molar-refractivity contribution < 1.29 is 32.2 Å². The molecular weight excluding hydrogens is 403 g/mol. The summed E-state index contributed by atoms with van der Waals surface area (Å²) in [6.45, 7) is 2.58. The van der Waals surface area contributed by atoms with Gasteiger partial charge in [0.15, 0.2) is 0 Å². The second kappa shape index (κ2) is 10.1. The molecule has 2 fully saturated rings. The minimum atomic E-state index is -3.36. The smallest absolute Gasteiger partial charge is 0.290 e. The van der Waals surface area contributed by atoms with Crippen LogP contribution >= 0.6 is 0 Å². The lowest BCUT2D eigenvalue weighted by Crippen LogP contribution is -2.66. The number of nitrogens with one attached hydrogen (secondary N) is 1. The van der Waals surface area contributed by atoms with Crippen molar-refractivity contribution in [3.8, 4) is 0 Å². The third-order valence-corrected chi connectivity index (χ3v) is 6.97. The highest BCUT2D eigenvalue weighted by Gasteiger charge is 2.53. The van der Waals surface area contributed by atoms with Gasteiger partial charge in [-0.05, 0) is 37.8 Å². The van der Waals surface area contributed by atoms with E-state index in [-0.39, 0.29) is 49.6 Å². The lowest BCUT2D eigenvalue weighted by Gasteiger charge is -2.48. The molecule has 0 aliphatic carbocycles. The Morgan fingerprint density at radius 1 is 1.41 bits per heavy atom. The summed E-state index contributed by atoms with van der Waals surface area (Å²) in [5, 5.41) is 9.78. The minimum absolute atomic E-state index is 0.0000143. The van der Waals surface area contributed by atoms with Gasteiger partial charge < -0.3 is 15.2 Å². The first-order chi connectivity index (χ1) is 13.8. The Morgan fingerprint density at radius 3 is 2.62 bits per heavy atom. The number of benzene rings is 1. The van der Waals surface area contributed by atoms with E-state index in [2.05, 4.69) is 5.32 Å². The van der Waals surface area contributed by atoms with Gasteiger partial charge in [0.1, 0.15) is 5.82 Å². The molecule has 1 atom stereocenters. The van der Waals surface area contributed by atoms with Gasteiger partial charge in [-0.25, -0.2) is 12.8 Å². The first-order valence-corrected chi connectivity index (χ1v) is 11.1. The summed E-state index contributed by atoms with van der Waals surface area (Å²) >= 11 is 0. The van der Waals surface area contributed by atoms with E-state index in [0.717, 1.165) is 12.8 Å². The summed E-state index contributed by atoms with van der Waals surface area (Å²) in [7, 11) is -3.36. The fraction of sp³-hybridized carbons (Fsp3) is 0.579. The number of halogens is 1. The number of carboxylic acid groups (broad SMARTS) is 1. The van der Waals surface area contributed by atoms with Crippen LogP contribution in [0, 0.1) is 11.2 Å². The number of amides is 1. The van der Waals surface area contributed by atoms with Gasteiger partial charge in [-0.15, -0.1) is 0 Å². The average Bonchev–Trinajstić information content (AvgIpc) is 3.18. The van der Waals surface area contributed by atoms with E-state index in [0.29, 0.717) is 18.7 Å². The maximum Gasteiger partial charge on any atom is 0.290 e. The van der Waals surface area contributed by atoms with Gasteiger partial charge in [0.05, 0.1) is 17.3 Å². The zero-order valence-electron chi connectivity index (χ0n) is 16.3. The Hall–Kier alpha value is -2.04. The molecule has 2 aliphatic heterocycles. The van der Waals surface area contributed by atoms with Gasteiger partial charge in [-0.3, -0.25) is 9.59 Å². The summed E-state index contributed by atoms with van der Waals surface area (Å²) in [5.41, 5.74) is -0.517. The molecule has 0 aromatic heterocycles. The van der Waals surface area contributed by atoms with Gasteiger partial charge in [0.2, 0.25) is 15.9 Å². The molecule has 2 saturated heterocycles. The summed E-state index contributed by atoms with van der Waals surface area (Å²) in [4.78, 5) is 21.2. The van der Waals surface area contributed by atoms with Crippen LogP contribution in [0.4, 0.5) is 4.39 Å². The van der Waals surface area contributed by atoms with Crippen LogP contribution in [0.25, 0.3) is 0 Å². The first kappa shape index (κ1) is 23.2. The highest BCUT2D eigenvalue weighted by molar-refractivity contribution is 7.89. The van der Waals surface area contributed by atoms with Crippen molar-refractivity contribution in [3.63, 3.8) is 0 Å². The molecule has 0 saturated carbocycles. The Balaban J connectivity index is 0.000000941. The van der Waals surface area contributed by atoms with Crippen LogP contribution in [0.5, 0.6) is 0 Å². The molecule has 8 nitrogen and oxygen atoms in total. The standard InChI is InChI=1S/C18H25FN2O4S.CH2O2/c1-2-26(23,24)21-12-18(13-21,10-14-6-3-4-8-16(14)19)17(22)20-11-15-7-5-9-25-15;2-1-3/h3-4,6,8,15H,2,5,7,9-13H2,1H3,(H,20,22);1H,(H,2,3). The topological polar surface area (TPSA) is 113 Å². The van der Waals surface area contributed by atoms with E-state index in [1.54, 1.807) is 25.1 Å². The molecule has 0 spiro atoms. The summed E-state index contributed by atoms with van der Waals surface area (Å²) in [6.07, 6.45) is 2.05. The van der Waals surface area contributed by atoms with Crippen LogP contribution in [-0.2, 0) is 30.8 Å². The van der Waals surface area contributed by atoms with Crippen LogP contribution in [0.1, 0.15) is 25.3 Å². The number of hydrogen-bond donors (Lipinski definition) is 2. The Morgan fingerprint density at radius 2 is 2.07 bits per heavy atom. The number of sulfonamides is 1. The molecule has 2 heterocycles. The fourth-order valence-electron chi connectivity index (χ4n) is 3.55. The molecule has 2 aliphatic rings. The molecule has 0 bridgehead atoms. The number of rotatable bonds is 7. The molecule has 10 heteroatoms. The largest absolute Gasteiger partial charge is 0.483 e. The molecule has 0 radical (unpaired) electrons. The van der Waals surface area contributed by atoms with Gasteiger partial charge in [-0.2, -0.15) is 4.31 Å². The normalized spacial score (nSPS) is 20.8. The van der Waals surface area contributed by atoms with E-state index in [4.69, 9.17) is 14.6 Å². The summed E-state index contributed by atoms with van der Waals surface area (Å²) in [5.74, 6) is -0.630. The van der Waals surface area contributed by atoms with Crippen molar-refractivity contribution in [1.29, 1.82) is 0 Å². The van der Waals surface area contributed by atoms with E-state index in [1.165, 1.54) is 10.4 Å². The predicted octanol–water partition coefficient (Wildman–Crippen LogP) is 1.02. The number of hydrogen-bond acceptors (Lipinski definition) is 5. The van der Waals surface area contributed by atoms with Crippen molar-refractivity contribution in [2.24, 2.45) is 5.41 Å². The van der Waals surface area contributed by atoms with Crippen molar-refractivity contribution >= 4 is 22.4 Å². The second-order valence-electron chi connectivity index (χ2n) is 7.17. The molecule has 1 aromatic rings. The molecule has 2 N–H and O–H groups in total. The highest BCUT2D eigenvalue weighted by atomic mass is 32.2. The van der Waals surface area contributed by atoms with Crippen molar-refractivity contribution in [1.82, 2.24) is 9.62 Å². The van der Waals surface area contributed by atoms with Gasteiger partial charge in [0, 0.05) is 26.2 Å². The molecule has 29 heavy (non-hydrogen) atoms. The van der Waals surface area contributed by atoms with Crippen molar-refractivity contribution in [3.05, 3.63) is 35.6 Å². The number of ether oxygens (including phenoxy) is 1. The molecule has 1 aromatic carbocycles. The summed E-state index contributed by atoms with van der Waals surface area (Å²) < 4.78 is 45.1.